The van der Waals surface area contributed by atoms with E-state index in [9.17, 15) is 0 Å². The van der Waals surface area contributed by atoms with Crippen LogP contribution in [0.5, 0.6) is 0 Å². The smallest absolute Gasteiger partial charge is 0.0546 e. The first kappa shape index (κ1) is 21.1. The van der Waals surface area contributed by atoms with Gasteiger partial charge in [0.2, 0.25) is 0 Å². The van der Waals surface area contributed by atoms with Gasteiger partial charge in [0.25, 0.3) is 0 Å². The van der Waals surface area contributed by atoms with Crippen LogP contribution in [0.4, 0.5) is 5.69 Å². The second-order valence-electron chi connectivity index (χ2n) is 6.74. The molecule has 1 heterocycles. The van der Waals surface area contributed by atoms with E-state index in [-0.39, 0.29) is 0 Å². The molecule has 1 aliphatic rings. The molecule has 0 aliphatic carbocycles. The lowest BCUT2D eigenvalue weighted by molar-refractivity contribution is 0.154. The van der Waals surface area contributed by atoms with Gasteiger partial charge in [-0.05, 0) is 56.4 Å². The van der Waals surface area contributed by atoms with Crippen molar-refractivity contribution in [1.29, 1.82) is 0 Å². The number of hydrogen-bond acceptors (Lipinski definition) is 4. The molecule has 0 saturated carbocycles. The predicted molar refractivity (Wildman–Crippen MR) is 119 cm³/mol. The van der Waals surface area contributed by atoms with Crippen molar-refractivity contribution in [2.45, 2.75) is 16.2 Å². The molecule has 0 aromatic heterocycles. The number of nitrogens with zero attached hydrogens (tertiary/aromatic N) is 2. The maximum absolute atomic E-state index is 6.32. The number of rotatable bonds is 7. The molecule has 0 radical (unpaired) electrons. The van der Waals surface area contributed by atoms with Crippen molar-refractivity contribution in [2.75, 3.05) is 51.6 Å². The highest BCUT2D eigenvalue weighted by atomic mass is 35.5. The predicted octanol–water partition coefficient (Wildman–Crippen LogP) is 5.85. The van der Waals surface area contributed by atoms with Gasteiger partial charge in [-0.3, -0.25) is 0 Å². The number of hydrogen-bond donors (Lipinski definition) is 1. The number of piperazine rings is 1. The third-order valence-electron chi connectivity index (χ3n) is 4.62. The van der Waals surface area contributed by atoms with Crippen LogP contribution in [-0.4, -0.2) is 56.1 Å². The maximum atomic E-state index is 6.32. The molecule has 1 saturated heterocycles. The highest BCUT2D eigenvalue weighted by Gasteiger charge is 2.13. The normalized spacial score (nSPS) is 15.9. The summed E-state index contributed by atoms with van der Waals surface area (Å²) in [5.41, 5.74) is 1.03. The lowest BCUT2D eigenvalue weighted by Crippen LogP contribution is -2.44. The van der Waals surface area contributed by atoms with Crippen LogP contribution in [0.3, 0.4) is 0 Å². The van der Waals surface area contributed by atoms with Crippen LogP contribution in [-0.2, 0) is 0 Å². The molecule has 3 rings (SSSR count). The summed E-state index contributed by atoms with van der Waals surface area (Å²) in [6, 6.07) is 11.4. The molecule has 0 unspecified atom stereocenters. The summed E-state index contributed by atoms with van der Waals surface area (Å²) >= 11 is 20.2. The highest BCUT2D eigenvalue weighted by Crippen LogP contribution is 2.39. The van der Waals surface area contributed by atoms with E-state index in [1.807, 2.05) is 30.3 Å². The summed E-state index contributed by atoms with van der Waals surface area (Å²) < 4.78 is 0. The quantitative estimate of drug-likeness (QED) is 0.540. The molecule has 0 bridgehead atoms. The lowest BCUT2D eigenvalue weighted by atomic mass is 10.3. The Kier molecular flexibility index (Phi) is 8.00. The molecule has 146 valence electrons. The minimum atomic E-state index is 0.678. The van der Waals surface area contributed by atoms with Crippen molar-refractivity contribution in [3.63, 3.8) is 0 Å². The van der Waals surface area contributed by atoms with Crippen molar-refractivity contribution in [1.82, 2.24) is 9.80 Å². The Morgan fingerprint density at radius 2 is 1.63 bits per heavy atom. The van der Waals surface area contributed by atoms with Gasteiger partial charge in [0.1, 0.15) is 0 Å². The molecule has 1 aliphatic heterocycles. The van der Waals surface area contributed by atoms with Crippen LogP contribution >= 0.6 is 46.6 Å². The van der Waals surface area contributed by atoms with E-state index in [2.05, 4.69) is 22.2 Å². The van der Waals surface area contributed by atoms with Gasteiger partial charge in [-0.25, -0.2) is 0 Å². The summed E-state index contributed by atoms with van der Waals surface area (Å²) in [7, 11) is 2.18. The topological polar surface area (TPSA) is 18.5 Å². The third-order valence-corrected chi connectivity index (χ3v) is 6.66. The molecular formula is C20H24Cl3N3S. The van der Waals surface area contributed by atoms with E-state index in [1.54, 1.807) is 17.8 Å². The zero-order chi connectivity index (χ0) is 19.2. The van der Waals surface area contributed by atoms with Gasteiger partial charge >= 0.3 is 0 Å². The van der Waals surface area contributed by atoms with E-state index in [0.717, 1.165) is 66.2 Å². The molecule has 2 aromatic rings. The Labute approximate surface area is 181 Å². The zero-order valence-corrected chi connectivity index (χ0v) is 18.4. The first-order valence-corrected chi connectivity index (χ1v) is 11.0. The molecule has 7 heteroatoms. The van der Waals surface area contributed by atoms with Crippen molar-refractivity contribution in [3.05, 3.63) is 51.5 Å². The minimum Gasteiger partial charge on any atom is -0.384 e. The average molecular weight is 445 g/mol. The number of halogens is 3. The summed E-state index contributed by atoms with van der Waals surface area (Å²) in [4.78, 5) is 6.93. The highest BCUT2D eigenvalue weighted by molar-refractivity contribution is 7.99. The van der Waals surface area contributed by atoms with Crippen molar-refractivity contribution in [3.8, 4) is 0 Å². The van der Waals surface area contributed by atoms with Crippen molar-refractivity contribution >= 4 is 52.3 Å². The van der Waals surface area contributed by atoms with Crippen LogP contribution < -0.4 is 5.32 Å². The van der Waals surface area contributed by atoms with Gasteiger partial charge in [0.15, 0.2) is 0 Å². The summed E-state index contributed by atoms with van der Waals surface area (Å²) in [6.45, 7) is 6.64. The van der Waals surface area contributed by atoms with E-state index < -0.39 is 0 Å². The standard InChI is InChI=1S/C20H24Cl3N3S/c1-25-9-11-26(12-10-25)8-2-7-24-18-13-15(21)4-6-19(18)27-20-14-16(22)3-5-17(20)23/h3-6,13-14,24H,2,7-12H2,1H3. The van der Waals surface area contributed by atoms with Crippen LogP contribution in [0.15, 0.2) is 46.2 Å². The van der Waals surface area contributed by atoms with Crippen LogP contribution in [0, 0.1) is 0 Å². The van der Waals surface area contributed by atoms with Crippen molar-refractivity contribution in [2.24, 2.45) is 0 Å². The summed E-state index contributed by atoms with van der Waals surface area (Å²) in [5.74, 6) is 0. The molecule has 27 heavy (non-hydrogen) atoms. The van der Waals surface area contributed by atoms with Gasteiger partial charge in [-0.15, -0.1) is 0 Å². The van der Waals surface area contributed by atoms with Gasteiger partial charge in [0.05, 0.1) is 5.02 Å². The molecule has 3 nitrogen and oxygen atoms in total. The SMILES string of the molecule is CN1CCN(CCCNc2cc(Cl)ccc2Sc2cc(Cl)ccc2Cl)CC1. The Balaban J connectivity index is 1.58. The van der Waals surface area contributed by atoms with Gasteiger partial charge in [-0.1, -0.05) is 46.6 Å². The zero-order valence-electron chi connectivity index (χ0n) is 15.4. The largest absolute Gasteiger partial charge is 0.384 e. The number of nitrogens with one attached hydrogen (secondary N) is 1. The van der Waals surface area contributed by atoms with E-state index in [4.69, 9.17) is 34.8 Å². The van der Waals surface area contributed by atoms with Gasteiger partial charge in [-0.2, -0.15) is 0 Å². The van der Waals surface area contributed by atoms with E-state index >= 15 is 0 Å². The number of likely N-dealkylation sites (N-methyl/N-ethyl adjacent to an activating group) is 1. The fraction of sp³-hybridized carbons (Fsp3) is 0.400. The Bertz CT molecular complexity index is 764. The average Bonchev–Trinajstić information content (AvgIpc) is 2.65. The molecule has 1 fully saturated rings. The van der Waals surface area contributed by atoms with Gasteiger partial charge < -0.3 is 15.1 Å². The third kappa shape index (κ3) is 6.45. The molecule has 0 spiro atoms. The second-order valence-corrected chi connectivity index (χ2v) is 9.11. The molecule has 0 amide bonds. The molecular weight excluding hydrogens is 421 g/mol. The van der Waals surface area contributed by atoms with Gasteiger partial charge in [0, 0.05) is 58.2 Å². The first-order valence-electron chi connectivity index (χ1n) is 9.08. The maximum Gasteiger partial charge on any atom is 0.0546 e. The monoisotopic (exact) mass is 443 g/mol. The van der Waals surface area contributed by atoms with E-state index in [0.29, 0.717) is 10.0 Å². The number of benzene rings is 2. The second kappa shape index (κ2) is 10.2. The lowest BCUT2D eigenvalue weighted by Gasteiger charge is -2.32. The minimum absolute atomic E-state index is 0.678. The van der Waals surface area contributed by atoms with Crippen LogP contribution in [0.25, 0.3) is 0 Å². The Morgan fingerprint density at radius 3 is 2.41 bits per heavy atom. The molecule has 0 atom stereocenters. The molecule has 1 N–H and O–H groups in total. The molecule has 2 aromatic carbocycles. The fourth-order valence-corrected chi connectivity index (χ4v) is 4.61. The first-order chi connectivity index (χ1) is 13.0. The van der Waals surface area contributed by atoms with Crippen LogP contribution in [0.2, 0.25) is 15.1 Å². The van der Waals surface area contributed by atoms with Crippen molar-refractivity contribution < 1.29 is 0 Å². The van der Waals surface area contributed by atoms with E-state index in [1.165, 1.54) is 0 Å². The fourth-order valence-electron chi connectivity index (χ4n) is 3.00. The Morgan fingerprint density at radius 1 is 0.926 bits per heavy atom. The Hall–Kier alpha value is -0.620. The number of anilines is 1. The summed E-state index contributed by atoms with van der Waals surface area (Å²) in [6.07, 6.45) is 1.10. The summed E-state index contributed by atoms with van der Waals surface area (Å²) in [5, 5.41) is 5.63. The van der Waals surface area contributed by atoms with Crippen LogP contribution in [0.1, 0.15) is 6.42 Å².